The van der Waals surface area contributed by atoms with Crippen molar-refractivity contribution in [3.63, 3.8) is 0 Å². The van der Waals surface area contributed by atoms with Crippen LogP contribution in [0.5, 0.6) is 0 Å². The van der Waals surface area contributed by atoms with Crippen molar-refractivity contribution in [2.45, 2.75) is 47.1 Å². The highest BCUT2D eigenvalue weighted by atomic mass is 15.2. The molecule has 1 rings (SSSR count). The van der Waals surface area contributed by atoms with Gasteiger partial charge >= 0.3 is 0 Å². The number of nitrogens with one attached hydrogen (secondary N) is 1. The van der Waals surface area contributed by atoms with Crippen molar-refractivity contribution in [3.05, 3.63) is 18.0 Å². The lowest BCUT2D eigenvalue weighted by Gasteiger charge is -2.34. The number of nitrogens with zero attached hydrogens (tertiary/aromatic N) is 3. The Balaban J connectivity index is 2.50. The molecule has 4 nitrogen and oxygen atoms in total. The summed E-state index contributed by atoms with van der Waals surface area (Å²) in [6, 6.07) is 0. The van der Waals surface area contributed by atoms with Crippen molar-refractivity contribution in [2.24, 2.45) is 18.4 Å². The SMILES string of the molecule is CCCC(C)(CNCC(C)C)CN(C)Cc1cnn(C)c1. The summed E-state index contributed by atoms with van der Waals surface area (Å²) in [5.41, 5.74) is 1.62. The smallest absolute Gasteiger partial charge is 0.0534 e. The molecule has 1 aromatic heterocycles. The van der Waals surface area contributed by atoms with E-state index in [9.17, 15) is 0 Å². The molecule has 1 N–H and O–H groups in total. The van der Waals surface area contributed by atoms with Crippen LogP contribution in [0.3, 0.4) is 0 Å². The first kappa shape index (κ1) is 18.2. The molecule has 21 heavy (non-hydrogen) atoms. The molecule has 4 heteroatoms. The Morgan fingerprint density at radius 3 is 2.67 bits per heavy atom. The van der Waals surface area contributed by atoms with Gasteiger partial charge in [0.25, 0.3) is 0 Å². The van der Waals surface area contributed by atoms with Crippen LogP contribution in [0.2, 0.25) is 0 Å². The maximum absolute atomic E-state index is 4.25. The number of hydrogen-bond acceptors (Lipinski definition) is 3. The van der Waals surface area contributed by atoms with Crippen molar-refractivity contribution in [2.75, 3.05) is 26.7 Å². The standard InChI is InChI=1S/C17H34N4/c1-7-8-17(4,13-18-9-15(2)3)14-20(5)11-16-10-19-21(6)12-16/h10,12,15,18H,7-9,11,13-14H2,1-6H3. The summed E-state index contributed by atoms with van der Waals surface area (Å²) in [4.78, 5) is 2.42. The van der Waals surface area contributed by atoms with Gasteiger partial charge in [0.1, 0.15) is 0 Å². The molecule has 0 radical (unpaired) electrons. The molecule has 0 bridgehead atoms. The monoisotopic (exact) mass is 294 g/mol. The van der Waals surface area contributed by atoms with Gasteiger partial charge in [-0.1, -0.05) is 34.1 Å². The summed E-state index contributed by atoms with van der Waals surface area (Å²) in [5.74, 6) is 0.712. The molecule has 0 saturated heterocycles. The van der Waals surface area contributed by atoms with Gasteiger partial charge in [-0.3, -0.25) is 4.68 Å². The van der Waals surface area contributed by atoms with E-state index in [1.54, 1.807) is 0 Å². The van der Waals surface area contributed by atoms with Gasteiger partial charge in [-0.05, 0) is 31.3 Å². The zero-order valence-electron chi connectivity index (χ0n) is 14.8. The first-order chi connectivity index (χ1) is 9.84. The molecule has 1 atom stereocenters. The molecule has 0 aromatic carbocycles. The predicted octanol–water partition coefficient (Wildman–Crippen LogP) is 2.90. The van der Waals surface area contributed by atoms with Gasteiger partial charge in [0.15, 0.2) is 0 Å². The van der Waals surface area contributed by atoms with Gasteiger partial charge < -0.3 is 10.2 Å². The van der Waals surface area contributed by atoms with Gasteiger partial charge in [-0.15, -0.1) is 0 Å². The van der Waals surface area contributed by atoms with Crippen LogP contribution in [-0.2, 0) is 13.6 Å². The van der Waals surface area contributed by atoms with Crippen LogP contribution in [0.25, 0.3) is 0 Å². The predicted molar refractivity (Wildman–Crippen MR) is 90.3 cm³/mol. The molecule has 0 amide bonds. The highest BCUT2D eigenvalue weighted by Gasteiger charge is 2.25. The van der Waals surface area contributed by atoms with Crippen molar-refractivity contribution in [1.82, 2.24) is 20.0 Å². The lowest BCUT2D eigenvalue weighted by molar-refractivity contribution is 0.167. The third kappa shape index (κ3) is 7.09. The number of aryl methyl sites for hydroxylation is 1. The van der Waals surface area contributed by atoms with E-state index < -0.39 is 0 Å². The third-order valence-corrected chi connectivity index (χ3v) is 3.82. The van der Waals surface area contributed by atoms with Crippen LogP contribution in [0.1, 0.15) is 46.1 Å². The van der Waals surface area contributed by atoms with Gasteiger partial charge in [0.2, 0.25) is 0 Å². The van der Waals surface area contributed by atoms with E-state index in [4.69, 9.17) is 0 Å². The zero-order chi connectivity index (χ0) is 15.9. The van der Waals surface area contributed by atoms with E-state index in [0.29, 0.717) is 11.3 Å². The molecular formula is C17H34N4. The second-order valence-electron chi connectivity index (χ2n) is 7.28. The molecule has 1 aromatic rings. The molecule has 1 heterocycles. The maximum Gasteiger partial charge on any atom is 0.0534 e. The average molecular weight is 294 g/mol. The largest absolute Gasteiger partial charge is 0.316 e. The molecule has 0 spiro atoms. The van der Waals surface area contributed by atoms with E-state index in [1.807, 2.05) is 17.9 Å². The summed E-state index contributed by atoms with van der Waals surface area (Å²) in [6.07, 6.45) is 6.56. The summed E-state index contributed by atoms with van der Waals surface area (Å²) in [5, 5.41) is 7.89. The Labute approximate surface area is 130 Å². The molecule has 0 aliphatic heterocycles. The van der Waals surface area contributed by atoms with Gasteiger partial charge in [0, 0.05) is 38.4 Å². The third-order valence-electron chi connectivity index (χ3n) is 3.82. The number of aromatic nitrogens is 2. The molecule has 0 saturated carbocycles. The number of hydrogen-bond donors (Lipinski definition) is 1. The lowest BCUT2D eigenvalue weighted by Crippen LogP contribution is -2.41. The number of rotatable bonds is 10. The molecule has 122 valence electrons. The van der Waals surface area contributed by atoms with Crippen molar-refractivity contribution < 1.29 is 0 Å². The Hall–Kier alpha value is -0.870. The van der Waals surface area contributed by atoms with Gasteiger partial charge in [-0.25, -0.2) is 0 Å². The van der Waals surface area contributed by atoms with Crippen LogP contribution in [0.15, 0.2) is 12.4 Å². The molecule has 0 fully saturated rings. The molecule has 1 unspecified atom stereocenters. The fourth-order valence-corrected chi connectivity index (χ4v) is 3.06. The van der Waals surface area contributed by atoms with E-state index in [-0.39, 0.29) is 0 Å². The lowest BCUT2D eigenvalue weighted by atomic mass is 9.84. The quantitative estimate of drug-likeness (QED) is 0.720. The van der Waals surface area contributed by atoms with Crippen LogP contribution in [0.4, 0.5) is 0 Å². The first-order valence-corrected chi connectivity index (χ1v) is 8.21. The zero-order valence-corrected chi connectivity index (χ0v) is 14.8. The van der Waals surface area contributed by atoms with E-state index in [1.165, 1.54) is 18.4 Å². The fraction of sp³-hybridized carbons (Fsp3) is 0.824. The molecular weight excluding hydrogens is 260 g/mol. The summed E-state index contributed by atoms with van der Waals surface area (Å²) >= 11 is 0. The van der Waals surface area contributed by atoms with Crippen molar-refractivity contribution >= 4 is 0 Å². The highest BCUT2D eigenvalue weighted by Crippen LogP contribution is 2.24. The summed E-state index contributed by atoms with van der Waals surface area (Å²) in [6.45, 7) is 13.5. The Bertz CT molecular complexity index is 399. The maximum atomic E-state index is 4.25. The summed E-state index contributed by atoms with van der Waals surface area (Å²) < 4.78 is 1.87. The van der Waals surface area contributed by atoms with Crippen LogP contribution < -0.4 is 5.32 Å². The van der Waals surface area contributed by atoms with E-state index in [2.05, 4.69) is 56.3 Å². The minimum atomic E-state index is 0.334. The second-order valence-corrected chi connectivity index (χ2v) is 7.28. The molecule has 0 aliphatic rings. The second kappa shape index (κ2) is 8.54. The van der Waals surface area contributed by atoms with Crippen LogP contribution >= 0.6 is 0 Å². The van der Waals surface area contributed by atoms with Crippen molar-refractivity contribution in [3.8, 4) is 0 Å². The Kier molecular flexibility index (Phi) is 7.40. The van der Waals surface area contributed by atoms with Gasteiger partial charge in [0.05, 0.1) is 6.20 Å². The first-order valence-electron chi connectivity index (χ1n) is 8.21. The minimum Gasteiger partial charge on any atom is -0.316 e. The van der Waals surface area contributed by atoms with Crippen LogP contribution in [0, 0.1) is 11.3 Å². The van der Waals surface area contributed by atoms with Gasteiger partial charge in [-0.2, -0.15) is 5.10 Å². The Morgan fingerprint density at radius 1 is 1.43 bits per heavy atom. The van der Waals surface area contributed by atoms with Crippen molar-refractivity contribution in [1.29, 1.82) is 0 Å². The highest BCUT2D eigenvalue weighted by molar-refractivity contribution is 5.03. The Morgan fingerprint density at radius 2 is 2.14 bits per heavy atom. The fourth-order valence-electron chi connectivity index (χ4n) is 3.06. The average Bonchev–Trinajstić information content (AvgIpc) is 2.73. The normalized spacial score (nSPS) is 14.9. The van der Waals surface area contributed by atoms with E-state index in [0.717, 1.165) is 26.2 Å². The van der Waals surface area contributed by atoms with Crippen LogP contribution in [-0.4, -0.2) is 41.4 Å². The molecule has 0 aliphatic carbocycles. The topological polar surface area (TPSA) is 33.1 Å². The van der Waals surface area contributed by atoms with E-state index >= 15 is 0 Å². The summed E-state index contributed by atoms with van der Waals surface area (Å²) in [7, 11) is 4.18. The minimum absolute atomic E-state index is 0.334.